The van der Waals surface area contributed by atoms with E-state index < -0.39 is 24.5 Å². The second kappa shape index (κ2) is 9.00. The number of H-pyrrole nitrogens is 1. The monoisotopic (exact) mass is 351 g/mol. The molecule has 0 saturated carbocycles. The number of nitrogens with one attached hydrogen (secondary N) is 3. The smallest absolute Gasteiger partial charge is 0.355 e. The molecule has 0 aromatic carbocycles. The van der Waals surface area contributed by atoms with Crippen molar-refractivity contribution in [2.45, 2.75) is 41.0 Å². The van der Waals surface area contributed by atoms with Crippen molar-refractivity contribution in [2.75, 3.05) is 13.2 Å². The molecule has 8 heteroatoms. The van der Waals surface area contributed by atoms with Crippen LogP contribution in [0.2, 0.25) is 0 Å². The first-order valence-electron chi connectivity index (χ1n) is 8.08. The number of urea groups is 1. The van der Waals surface area contributed by atoms with E-state index in [0.717, 1.165) is 6.42 Å². The van der Waals surface area contributed by atoms with Gasteiger partial charge in [0.05, 0.1) is 0 Å². The van der Waals surface area contributed by atoms with Crippen LogP contribution in [-0.2, 0) is 9.53 Å². The zero-order valence-electron chi connectivity index (χ0n) is 15.2. The van der Waals surface area contributed by atoms with E-state index in [9.17, 15) is 19.2 Å². The Morgan fingerprint density at radius 2 is 1.80 bits per heavy atom. The van der Waals surface area contributed by atoms with Crippen molar-refractivity contribution in [2.24, 2.45) is 5.92 Å². The highest BCUT2D eigenvalue weighted by atomic mass is 16.5. The largest absolute Gasteiger partial charge is 0.451 e. The number of imide groups is 1. The molecule has 0 aliphatic heterocycles. The summed E-state index contributed by atoms with van der Waals surface area (Å²) in [6.07, 6.45) is 0.792. The number of hydrogen-bond acceptors (Lipinski definition) is 5. The molecule has 3 N–H and O–H groups in total. The van der Waals surface area contributed by atoms with Crippen LogP contribution in [0.25, 0.3) is 0 Å². The number of esters is 1. The maximum atomic E-state index is 12.0. The van der Waals surface area contributed by atoms with E-state index in [-0.39, 0.29) is 11.5 Å². The predicted molar refractivity (Wildman–Crippen MR) is 91.6 cm³/mol. The number of aryl methyl sites for hydroxylation is 1. The molecule has 1 rings (SSSR count). The highest BCUT2D eigenvalue weighted by Gasteiger charge is 2.21. The van der Waals surface area contributed by atoms with Gasteiger partial charge in [-0.05, 0) is 38.7 Å². The molecule has 25 heavy (non-hydrogen) atoms. The molecule has 1 aromatic heterocycles. The Morgan fingerprint density at radius 3 is 2.32 bits per heavy atom. The summed E-state index contributed by atoms with van der Waals surface area (Å²) in [5.74, 6) is -1.22. The van der Waals surface area contributed by atoms with Gasteiger partial charge in [0.2, 0.25) is 0 Å². The van der Waals surface area contributed by atoms with Crippen molar-refractivity contribution in [3.05, 3.63) is 22.5 Å². The summed E-state index contributed by atoms with van der Waals surface area (Å²) < 4.78 is 4.89. The average molecular weight is 351 g/mol. The third-order valence-electron chi connectivity index (χ3n) is 3.59. The molecular weight excluding hydrogens is 326 g/mol. The van der Waals surface area contributed by atoms with Crippen molar-refractivity contribution in [1.29, 1.82) is 0 Å². The van der Waals surface area contributed by atoms with Crippen LogP contribution in [0.5, 0.6) is 0 Å². The summed E-state index contributed by atoms with van der Waals surface area (Å²) in [7, 11) is 0. The number of ketones is 1. The lowest BCUT2D eigenvalue weighted by atomic mass is 10.1. The summed E-state index contributed by atoms with van der Waals surface area (Å²) in [5, 5.41) is 4.62. The summed E-state index contributed by atoms with van der Waals surface area (Å²) in [4.78, 5) is 49.5. The minimum atomic E-state index is -0.761. The van der Waals surface area contributed by atoms with Crippen molar-refractivity contribution in [3.8, 4) is 0 Å². The van der Waals surface area contributed by atoms with Crippen LogP contribution in [0.15, 0.2) is 0 Å². The molecule has 8 nitrogen and oxygen atoms in total. The first-order valence-corrected chi connectivity index (χ1v) is 8.08. The Morgan fingerprint density at radius 1 is 1.16 bits per heavy atom. The molecule has 0 unspecified atom stereocenters. The van der Waals surface area contributed by atoms with E-state index in [0.29, 0.717) is 29.3 Å². The van der Waals surface area contributed by atoms with Crippen LogP contribution < -0.4 is 10.6 Å². The molecule has 138 valence electrons. The Balaban J connectivity index is 2.51. The van der Waals surface area contributed by atoms with Crippen molar-refractivity contribution < 1.29 is 23.9 Å². The molecule has 0 radical (unpaired) electrons. The molecule has 0 aliphatic carbocycles. The molecule has 0 atom stereocenters. The van der Waals surface area contributed by atoms with E-state index in [1.54, 1.807) is 13.8 Å². The number of Topliss-reactive ketones (excluding diaryl/α,β-unsaturated/α-hetero) is 1. The Bertz CT molecular complexity index is 676. The summed E-state index contributed by atoms with van der Waals surface area (Å²) >= 11 is 0. The topological polar surface area (TPSA) is 117 Å². The standard InChI is InChI=1S/C17H25N3O5/c1-9(2)6-7-18-17(24)20-13(22)8-25-16(23)15-10(3)14(12(5)21)11(4)19-15/h9,19H,6-8H2,1-5H3,(H2,18,20,22,24). The molecule has 0 aliphatic rings. The first-order chi connectivity index (χ1) is 11.6. The molecule has 0 fully saturated rings. The minimum Gasteiger partial charge on any atom is -0.451 e. The number of carbonyl (C=O) groups is 4. The van der Waals surface area contributed by atoms with Crippen LogP contribution in [-0.4, -0.2) is 41.8 Å². The lowest BCUT2D eigenvalue weighted by Gasteiger charge is -2.08. The number of aromatic nitrogens is 1. The van der Waals surface area contributed by atoms with Gasteiger partial charge in [0, 0.05) is 17.8 Å². The van der Waals surface area contributed by atoms with Gasteiger partial charge in [0.1, 0.15) is 5.69 Å². The SMILES string of the molecule is CC(=O)c1c(C)[nH]c(C(=O)OCC(=O)NC(=O)NCCC(C)C)c1C. The summed E-state index contributed by atoms with van der Waals surface area (Å²) in [5.41, 5.74) is 1.59. The first kappa shape index (κ1) is 20.4. The number of rotatable bonds is 7. The Hall–Kier alpha value is -2.64. The van der Waals surface area contributed by atoms with Crippen LogP contribution in [0.1, 0.15) is 59.3 Å². The lowest BCUT2D eigenvalue weighted by molar-refractivity contribution is -0.123. The van der Waals surface area contributed by atoms with Gasteiger partial charge in [-0.25, -0.2) is 9.59 Å². The minimum absolute atomic E-state index is 0.122. The Kier molecular flexibility index (Phi) is 7.35. The highest BCUT2D eigenvalue weighted by molar-refractivity contribution is 6.01. The van der Waals surface area contributed by atoms with Crippen LogP contribution in [0.4, 0.5) is 4.79 Å². The maximum absolute atomic E-state index is 12.0. The number of ether oxygens (including phenoxy) is 1. The molecule has 0 bridgehead atoms. The molecular formula is C17H25N3O5. The molecule has 3 amide bonds. The maximum Gasteiger partial charge on any atom is 0.355 e. The summed E-state index contributed by atoms with van der Waals surface area (Å²) in [6, 6.07) is -0.632. The van der Waals surface area contributed by atoms with Gasteiger partial charge < -0.3 is 15.0 Å². The lowest BCUT2D eigenvalue weighted by Crippen LogP contribution is -2.42. The van der Waals surface area contributed by atoms with E-state index in [1.807, 2.05) is 13.8 Å². The third-order valence-corrected chi connectivity index (χ3v) is 3.59. The normalized spacial score (nSPS) is 10.5. The molecule has 1 aromatic rings. The van der Waals surface area contributed by atoms with Gasteiger partial charge in [-0.3, -0.25) is 14.9 Å². The fraction of sp³-hybridized carbons (Fsp3) is 0.529. The number of carbonyl (C=O) groups excluding carboxylic acids is 4. The van der Waals surface area contributed by atoms with Gasteiger partial charge in [-0.2, -0.15) is 0 Å². The zero-order valence-corrected chi connectivity index (χ0v) is 15.2. The predicted octanol–water partition coefficient (Wildman–Crippen LogP) is 1.86. The van der Waals surface area contributed by atoms with Crippen molar-refractivity contribution in [3.63, 3.8) is 0 Å². The molecule has 0 saturated heterocycles. The third kappa shape index (κ3) is 6.06. The van der Waals surface area contributed by atoms with Gasteiger partial charge in [-0.1, -0.05) is 13.8 Å². The van der Waals surface area contributed by atoms with Gasteiger partial charge in [0.25, 0.3) is 5.91 Å². The Labute approximate surface area is 146 Å². The van der Waals surface area contributed by atoms with Gasteiger partial charge in [-0.15, -0.1) is 0 Å². The van der Waals surface area contributed by atoms with E-state index in [4.69, 9.17) is 4.74 Å². The van der Waals surface area contributed by atoms with Crippen molar-refractivity contribution >= 4 is 23.7 Å². The van der Waals surface area contributed by atoms with E-state index in [2.05, 4.69) is 15.6 Å². The summed E-state index contributed by atoms with van der Waals surface area (Å²) in [6.45, 7) is 8.60. The van der Waals surface area contributed by atoms with Crippen LogP contribution >= 0.6 is 0 Å². The molecule has 0 spiro atoms. The fourth-order valence-corrected chi connectivity index (χ4v) is 2.37. The zero-order chi connectivity index (χ0) is 19.1. The van der Waals surface area contributed by atoms with Gasteiger partial charge >= 0.3 is 12.0 Å². The number of amides is 3. The van der Waals surface area contributed by atoms with E-state index >= 15 is 0 Å². The molecule has 1 heterocycles. The fourth-order valence-electron chi connectivity index (χ4n) is 2.37. The number of aromatic amines is 1. The second-order valence-electron chi connectivity index (χ2n) is 6.24. The van der Waals surface area contributed by atoms with Crippen LogP contribution in [0, 0.1) is 19.8 Å². The average Bonchev–Trinajstić information content (AvgIpc) is 2.79. The van der Waals surface area contributed by atoms with Gasteiger partial charge in [0.15, 0.2) is 12.4 Å². The second-order valence-corrected chi connectivity index (χ2v) is 6.24. The van der Waals surface area contributed by atoms with E-state index in [1.165, 1.54) is 6.92 Å². The van der Waals surface area contributed by atoms with Crippen LogP contribution in [0.3, 0.4) is 0 Å². The number of hydrogen-bond donors (Lipinski definition) is 3. The quantitative estimate of drug-likeness (QED) is 0.512. The highest BCUT2D eigenvalue weighted by Crippen LogP contribution is 2.19. The van der Waals surface area contributed by atoms with Crippen molar-refractivity contribution in [1.82, 2.24) is 15.6 Å².